The Morgan fingerprint density at radius 3 is 2.54 bits per heavy atom. The first-order chi connectivity index (χ1) is 12.6. The van der Waals surface area contributed by atoms with E-state index in [0.29, 0.717) is 18.5 Å². The maximum atomic E-state index is 12.7. The van der Waals surface area contributed by atoms with E-state index in [1.165, 1.54) is 0 Å². The molecule has 2 aromatic carbocycles. The largest absolute Gasteiger partial charge is 0.326 e. The molecule has 0 spiro atoms. The maximum absolute atomic E-state index is 12.7. The number of para-hydroxylation sites is 1. The standard InChI is InChI=1S/C20H20N4O2/c1-14-13-18(19(25)24(14)17-5-3-2-4-6-17)23-20(26)22-16-9-7-15(8-10-16)11-12-21/h2-10,14,18H,11,13H2,1H3,(H2,22,23,26)/t14-,18-/m0/s1. The lowest BCUT2D eigenvalue weighted by molar-refractivity contribution is -0.118. The molecule has 6 nitrogen and oxygen atoms in total. The fourth-order valence-corrected chi connectivity index (χ4v) is 3.15. The molecule has 2 N–H and O–H groups in total. The van der Waals surface area contributed by atoms with Crippen LogP contribution in [0.25, 0.3) is 0 Å². The summed E-state index contributed by atoms with van der Waals surface area (Å²) in [6.07, 6.45) is 0.887. The predicted octanol–water partition coefficient (Wildman–Crippen LogP) is 3.07. The number of nitrogens with one attached hydrogen (secondary N) is 2. The van der Waals surface area contributed by atoms with Crippen molar-refractivity contribution in [1.29, 1.82) is 5.26 Å². The monoisotopic (exact) mass is 348 g/mol. The first-order valence-corrected chi connectivity index (χ1v) is 8.50. The number of carbonyl (C=O) groups excluding carboxylic acids is 2. The highest BCUT2D eigenvalue weighted by atomic mass is 16.2. The highest BCUT2D eigenvalue weighted by Crippen LogP contribution is 2.26. The molecule has 0 saturated carbocycles. The van der Waals surface area contributed by atoms with Crippen molar-refractivity contribution >= 4 is 23.3 Å². The van der Waals surface area contributed by atoms with Crippen LogP contribution in [-0.4, -0.2) is 24.0 Å². The van der Waals surface area contributed by atoms with Gasteiger partial charge < -0.3 is 15.5 Å². The molecular weight excluding hydrogens is 328 g/mol. The maximum Gasteiger partial charge on any atom is 0.319 e. The zero-order valence-electron chi connectivity index (χ0n) is 14.5. The fourth-order valence-electron chi connectivity index (χ4n) is 3.15. The Bertz CT molecular complexity index is 827. The van der Waals surface area contributed by atoms with Gasteiger partial charge in [-0.3, -0.25) is 4.79 Å². The molecule has 0 unspecified atom stereocenters. The van der Waals surface area contributed by atoms with Gasteiger partial charge in [-0.2, -0.15) is 5.26 Å². The number of hydrogen-bond acceptors (Lipinski definition) is 3. The normalized spacial score (nSPS) is 19.1. The summed E-state index contributed by atoms with van der Waals surface area (Å²) in [6, 6.07) is 17.6. The van der Waals surface area contributed by atoms with E-state index in [1.807, 2.05) is 37.3 Å². The molecule has 0 bridgehead atoms. The fraction of sp³-hybridized carbons (Fsp3) is 0.250. The molecule has 1 aliphatic rings. The van der Waals surface area contributed by atoms with Gasteiger partial charge in [0.25, 0.3) is 0 Å². The van der Waals surface area contributed by atoms with E-state index in [0.717, 1.165) is 11.3 Å². The highest BCUT2D eigenvalue weighted by Gasteiger charge is 2.38. The van der Waals surface area contributed by atoms with Crippen molar-refractivity contribution < 1.29 is 9.59 Å². The van der Waals surface area contributed by atoms with Gasteiger partial charge in [-0.05, 0) is 43.2 Å². The van der Waals surface area contributed by atoms with Gasteiger partial charge in [0, 0.05) is 17.4 Å². The van der Waals surface area contributed by atoms with Crippen LogP contribution in [0, 0.1) is 11.3 Å². The van der Waals surface area contributed by atoms with E-state index >= 15 is 0 Å². The van der Waals surface area contributed by atoms with Gasteiger partial charge in [0.05, 0.1) is 12.5 Å². The van der Waals surface area contributed by atoms with Crippen LogP contribution in [0.15, 0.2) is 54.6 Å². The van der Waals surface area contributed by atoms with Gasteiger partial charge in [-0.25, -0.2) is 4.79 Å². The summed E-state index contributed by atoms with van der Waals surface area (Å²) in [6.45, 7) is 1.97. The zero-order chi connectivity index (χ0) is 18.5. The third-order valence-corrected chi connectivity index (χ3v) is 4.39. The van der Waals surface area contributed by atoms with Crippen molar-refractivity contribution in [2.75, 3.05) is 10.2 Å². The second-order valence-corrected chi connectivity index (χ2v) is 6.31. The average Bonchev–Trinajstić information content (AvgIpc) is 2.91. The molecular formula is C20H20N4O2. The molecule has 26 heavy (non-hydrogen) atoms. The molecule has 0 aliphatic carbocycles. The average molecular weight is 348 g/mol. The van der Waals surface area contributed by atoms with Crippen molar-refractivity contribution in [3.05, 3.63) is 60.2 Å². The molecule has 6 heteroatoms. The topological polar surface area (TPSA) is 85.2 Å². The number of benzene rings is 2. The Hall–Kier alpha value is -3.33. The Morgan fingerprint density at radius 1 is 1.19 bits per heavy atom. The van der Waals surface area contributed by atoms with Crippen LogP contribution in [0.4, 0.5) is 16.2 Å². The summed E-state index contributed by atoms with van der Waals surface area (Å²) in [5, 5.41) is 14.2. The molecule has 1 aliphatic heterocycles. The number of nitriles is 1. The van der Waals surface area contributed by atoms with Gasteiger partial charge in [0.1, 0.15) is 6.04 Å². The minimum Gasteiger partial charge on any atom is -0.326 e. The molecule has 1 fully saturated rings. The van der Waals surface area contributed by atoms with Gasteiger partial charge in [0.2, 0.25) is 5.91 Å². The lowest BCUT2D eigenvalue weighted by Gasteiger charge is -2.21. The summed E-state index contributed by atoms with van der Waals surface area (Å²) in [4.78, 5) is 26.6. The van der Waals surface area contributed by atoms with Gasteiger partial charge in [-0.15, -0.1) is 0 Å². The Morgan fingerprint density at radius 2 is 1.88 bits per heavy atom. The third-order valence-electron chi connectivity index (χ3n) is 4.39. The lowest BCUT2D eigenvalue weighted by atomic mass is 10.1. The number of rotatable bonds is 4. The van der Waals surface area contributed by atoms with Crippen molar-refractivity contribution in [2.24, 2.45) is 0 Å². The minimum absolute atomic E-state index is 0.0143. The van der Waals surface area contributed by atoms with Crippen LogP contribution >= 0.6 is 0 Å². The molecule has 1 saturated heterocycles. The van der Waals surface area contributed by atoms with Crippen LogP contribution in [0.2, 0.25) is 0 Å². The zero-order valence-corrected chi connectivity index (χ0v) is 14.5. The van der Waals surface area contributed by atoms with Gasteiger partial charge in [-0.1, -0.05) is 30.3 Å². The molecule has 3 amide bonds. The van der Waals surface area contributed by atoms with Crippen LogP contribution in [-0.2, 0) is 11.2 Å². The Balaban J connectivity index is 1.61. The lowest BCUT2D eigenvalue weighted by Crippen LogP contribution is -2.43. The Labute approximate surface area is 152 Å². The van der Waals surface area contributed by atoms with E-state index in [9.17, 15) is 9.59 Å². The number of nitrogens with zero attached hydrogens (tertiary/aromatic N) is 2. The van der Waals surface area contributed by atoms with Crippen molar-refractivity contribution in [3.63, 3.8) is 0 Å². The van der Waals surface area contributed by atoms with Crippen LogP contribution in [0.1, 0.15) is 18.9 Å². The molecule has 2 aromatic rings. The van der Waals surface area contributed by atoms with E-state index in [4.69, 9.17) is 5.26 Å². The summed E-state index contributed by atoms with van der Waals surface area (Å²) in [5.74, 6) is -0.108. The van der Waals surface area contributed by atoms with Gasteiger partial charge >= 0.3 is 6.03 Å². The van der Waals surface area contributed by atoms with E-state index < -0.39 is 12.1 Å². The molecule has 0 aromatic heterocycles. The molecule has 1 heterocycles. The number of carbonyl (C=O) groups is 2. The number of urea groups is 1. The summed E-state index contributed by atoms with van der Waals surface area (Å²) in [5.41, 5.74) is 2.34. The number of hydrogen-bond donors (Lipinski definition) is 2. The van der Waals surface area contributed by atoms with E-state index in [2.05, 4.69) is 16.7 Å². The Kier molecular flexibility index (Phi) is 5.18. The predicted molar refractivity (Wildman–Crippen MR) is 99.7 cm³/mol. The molecule has 2 atom stereocenters. The third kappa shape index (κ3) is 3.83. The van der Waals surface area contributed by atoms with Gasteiger partial charge in [0.15, 0.2) is 0 Å². The number of anilines is 2. The van der Waals surface area contributed by atoms with Crippen LogP contribution < -0.4 is 15.5 Å². The molecule has 3 rings (SSSR count). The van der Waals surface area contributed by atoms with Crippen LogP contribution in [0.5, 0.6) is 0 Å². The summed E-state index contributed by atoms with van der Waals surface area (Å²) >= 11 is 0. The summed E-state index contributed by atoms with van der Waals surface area (Å²) < 4.78 is 0. The van der Waals surface area contributed by atoms with Crippen molar-refractivity contribution in [2.45, 2.75) is 31.8 Å². The smallest absolute Gasteiger partial charge is 0.319 e. The van der Waals surface area contributed by atoms with Crippen molar-refractivity contribution in [3.8, 4) is 6.07 Å². The highest BCUT2D eigenvalue weighted by molar-refractivity contribution is 6.03. The molecule has 0 radical (unpaired) electrons. The first-order valence-electron chi connectivity index (χ1n) is 8.50. The van der Waals surface area contributed by atoms with E-state index in [1.54, 1.807) is 29.2 Å². The first kappa shape index (κ1) is 17.5. The van der Waals surface area contributed by atoms with E-state index in [-0.39, 0.29) is 11.9 Å². The second kappa shape index (κ2) is 7.70. The minimum atomic E-state index is -0.553. The van der Waals surface area contributed by atoms with Crippen molar-refractivity contribution in [1.82, 2.24) is 5.32 Å². The second-order valence-electron chi connectivity index (χ2n) is 6.31. The summed E-state index contributed by atoms with van der Waals surface area (Å²) in [7, 11) is 0. The number of amides is 3. The quantitative estimate of drug-likeness (QED) is 0.890. The molecule has 132 valence electrons. The van der Waals surface area contributed by atoms with Crippen LogP contribution in [0.3, 0.4) is 0 Å². The SMILES string of the molecule is C[C@H]1C[C@H](NC(=O)Nc2ccc(CC#N)cc2)C(=O)N1c1ccccc1.